The highest BCUT2D eigenvalue weighted by Gasteiger charge is 2.41. The van der Waals surface area contributed by atoms with E-state index in [4.69, 9.17) is 9.84 Å². The molecule has 3 aromatic rings. The summed E-state index contributed by atoms with van der Waals surface area (Å²) in [6.45, 7) is 0. The van der Waals surface area contributed by atoms with Gasteiger partial charge in [0.15, 0.2) is 0 Å². The van der Waals surface area contributed by atoms with Crippen molar-refractivity contribution in [3.05, 3.63) is 83.7 Å². The van der Waals surface area contributed by atoms with Gasteiger partial charge in [-0.15, -0.1) is 0 Å². The monoisotopic (exact) mass is 359 g/mol. The summed E-state index contributed by atoms with van der Waals surface area (Å²) in [4.78, 5) is 4.44. The zero-order chi connectivity index (χ0) is 18.4. The number of aromatic nitrogens is 1. The smallest absolute Gasteiger partial charge is 0.230 e. The maximum Gasteiger partial charge on any atom is 0.230 e. The Morgan fingerprint density at radius 1 is 1.00 bits per heavy atom. The van der Waals surface area contributed by atoms with E-state index in [1.807, 2.05) is 47.5 Å². The van der Waals surface area contributed by atoms with Crippen molar-refractivity contribution in [1.29, 1.82) is 0 Å². The molecule has 0 amide bonds. The highest BCUT2D eigenvalue weighted by Crippen LogP contribution is 2.47. The summed E-state index contributed by atoms with van der Waals surface area (Å²) in [5, 5.41) is 26.7. The maximum atomic E-state index is 10.3. The highest BCUT2D eigenvalue weighted by atomic mass is 16.5. The first-order valence-electron chi connectivity index (χ1n) is 8.75. The van der Waals surface area contributed by atoms with Crippen molar-refractivity contribution in [2.24, 2.45) is 5.10 Å². The number of hydrogen-bond acceptors (Lipinski definition) is 6. The number of benzene rings is 2. The van der Waals surface area contributed by atoms with Gasteiger partial charge in [0.25, 0.3) is 0 Å². The molecule has 0 aliphatic carbocycles. The van der Waals surface area contributed by atoms with Crippen LogP contribution in [0.2, 0.25) is 0 Å². The molecule has 2 aliphatic rings. The van der Waals surface area contributed by atoms with Crippen molar-refractivity contribution in [3.8, 4) is 17.2 Å². The van der Waals surface area contributed by atoms with Gasteiger partial charge < -0.3 is 14.9 Å². The second-order valence-electron chi connectivity index (χ2n) is 6.61. The molecule has 5 rings (SSSR count). The molecule has 0 saturated carbocycles. The molecule has 3 heterocycles. The number of pyridine rings is 1. The Kier molecular flexibility index (Phi) is 3.50. The molecule has 6 heteroatoms. The third-order valence-electron chi connectivity index (χ3n) is 4.93. The molecule has 2 aliphatic heterocycles. The second-order valence-corrected chi connectivity index (χ2v) is 6.61. The SMILES string of the molecule is Oc1ccc(O)c(C2=NN3C(C2)c2ccccc2OC3c2ccccn2)c1. The fraction of sp³-hybridized carbons (Fsp3) is 0.143. The molecule has 2 N–H and O–H groups in total. The summed E-state index contributed by atoms with van der Waals surface area (Å²) in [7, 11) is 0. The topological polar surface area (TPSA) is 78.2 Å². The minimum atomic E-state index is -0.456. The Bertz CT molecular complexity index is 1040. The number of hydrazone groups is 1. The van der Waals surface area contributed by atoms with Crippen LogP contribution in [0.15, 0.2) is 72.0 Å². The van der Waals surface area contributed by atoms with Crippen molar-refractivity contribution in [1.82, 2.24) is 9.99 Å². The van der Waals surface area contributed by atoms with E-state index in [9.17, 15) is 10.2 Å². The third-order valence-corrected chi connectivity index (χ3v) is 4.93. The van der Waals surface area contributed by atoms with Gasteiger partial charge in [-0.1, -0.05) is 24.3 Å². The number of aromatic hydroxyl groups is 2. The van der Waals surface area contributed by atoms with Gasteiger partial charge in [-0.3, -0.25) is 4.98 Å². The lowest BCUT2D eigenvalue weighted by molar-refractivity contribution is -0.0218. The van der Waals surface area contributed by atoms with Crippen molar-refractivity contribution in [3.63, 3.8) is 0 Å². The van der Waals surface area contributed by atoms with E-state index in [2.05, 4.69) is 4.98 Å². The largest absolute Gasteiger partial charge is 0.508 e. The fourth-order valence-electron chi connectivity index (χ4n) is 3.67. The van der Waals surface area contributed by atoms with Gasteiger partial charge in [0, 0.05) is 23.7 Å². The molecule has 1 aromatic heterocycles. The molecular weight excluding hydrogens is 342 g/mol. The van der Waals surface area contributed by atoms with Crippen molar-refractivity contribution in [2.75, 3.05) is 0 Å². The van der Waals surface area contributed by atoms with Gasteiger partial charge in [0.05, 0.1) is 11.8 Å². The molecule has 0 radical (unpaired) electrons. The molecular formula is C21H17N3O3. The van der Waals surface area contributed by atoms with Gasteiger partial charge in [-0.2, -0.15) is 5.10 Å². The number of phenolic OH excluding ortho intramolecular Hbond substituents is 2. The Balaban J connectivity index is 1.62. The van der Waals surface area contributed by atoms with E-state index in [0.29, 0.717) is 17.7 Å². The number of fused-ring (bicyclic) bond motifs is 3. The van der Waals surface area contributed by atoms with Crippen LogP contribution in [0.5, 0.6) is 17.2 Å². The van der Waals surface area contributed by atoms with E-state index in [0.717, 1.165) is 17.0 Å². The molecule has 6 nitrogen and oxygen atoms in total. The van der Waals surface area contributed by atoms with Crippen LogP contribution in [0.1, 0.15) is 35.5 Å². The molecule has 2 unspecified atom stereocenters. The quantitative estimate of drug-likeness (QED) is 0.682. The van der Waals surface area contributed by atoms with Crippen molar-refractivity contribution in [2.45, 2.75) is 18.7 Å². The first-order valence-corrected chi connectivity index (χ1v) is 8.75. The zero-order valence-electron chi connectivity index (χ0n) is 14.4. The molecule has 0 bridgehead atoms. The molecule has 2 atom stereocenters. The number of nitrogens with zero attached hydrogens (tertiary/aromatic N) is 3. The van der Waals surface area contributed by atoms with E-state index in [1.54, 1.807) is 6.20 Å². The van der Waals surface area contributed by atoms with Gasteiger partial charge in [0.2, 0.25) is 6.23 Å². The second kappa shape index (κ2) is 6.02. The van der Waals surface area contributed by atoms with Gasteiger partial charge >= 0.3 is 0 Å². The summed E-state index contributed by atoms with van der Waals surface area (Å²) in [6.07, 6.45) is 1.87. The summed E-state index contributed by atoms with van der Waals surface area (Å²) >= 11 is 0. The molecule has 0 spiro atoms. The summed E-state index contributed by atoms with van der Waals surface area (Å²) < 4.78 is 6.21. The van der Waals surface area contributed by atoms with Crippen molar-refractivity contribution < 1.29 is 14.9 Å². The summed E-state index contributed by atoms with van der Waals surface area (Å²) in [5.41, 5.74) is 3.04. The lowest BCUT2D eigenvalue weighted by atomic mass is 9.96. The Hall–Kier alpha value is -3.54. The Morgan fingerprint density at radius 3 is 2.70 bits per heavy atom. The molecule has 134 valence electrons. The lowest BCUT2D eigenvalue weighted by Gasteiger charge is -2.37. The Labute approximate surface area is 156 Å². The lowest BCUT2D eigenvalue weighted by Crippen LogP contribution is -2.34. The van der Waals surface area contributed by atoms with Gasteiger partial charge in [0.1, 0.15) is 22.9 Å². The first-order chi connectivity index (χ1) is 13.2. The number of rotatable bonds is 2. The minimum absolute atomic E-state index is 0.0290. The standard InChI is InChI=1S/C21H17N3O3/c25-13-8-9-19(26)15(11-13)17-12-18-14-5-1-2-7-20(14)27-21(24(18)23-17)16-6-3-4-10-22-16/h1-11,18,21,25-26H,12H2. The van der Waals surface area contributed by atoms with E-state index >= 15 is 0 Å². The normalized spacial score (nSPS) is 20.4. The molecule has 0 fully saturated rings. The van der Waals surface area contributed by atoms with E-state index < -0.39 is 6.23 Å². The summed E-state index contributed by atoms with van der Waals surface area (Å²) in [6, 6.07) is 18.0. The number of ether oxygens (including phenoxy) is 1. The number of phenols is 2. The van der Waals surface area contributed by atoms with E-state index in [-0.39, 0.29) is 17.5 Å². The third kappa shape index (κ3) is 2.57. The van der Waals surface area contributed by atoms with Crippen LogP contribution in [0.4, 0.5) is 0 Å². The van der Waals surface area contributed by atoms with Gasteiger partial charge in [-0.05, 0) is 36.4 Å². The minimum Gasteiger partial charge on any atom is -0.508 e. The van der Waals surface area contributed by atoms with Crippen LogP contribution in [0.3, 0.4) is 0 Å². The average molecular weight is 359 g/mol. The first kappa shape index (κ1) is 15.7. The molecule has 27 heavy (non-hydrogen) atoms. The van der Waals surface area contributed by atoms with Crippen LogP contribution < -0.4 is 4.74 Å². The van der Waals surface area contributed by atoms with Crippen LogP contribution in [0, 0.1) is 0 Å². The van der Waals surface area contributed by atoms with Crippen molar-refractivity contribution >= 4 is 5.71 Å². The van der Waals surface area contributed by atoms with Crippen LogP contribution in [0.25, 0.3) is 0 Å². The zero-order valence-corrected chi connectivity index (χ0v) is 14.4. The number of hydrogen-bond donors (Lipinski definition) is 2. The maximum absolute atomic E-state index is 10.3. The summed E-state index contributed by atoms with van der Waals surface area (Å²) in [5.74, 6) is 0.995. The predicted molar refractivity (Wildman–Crippen MR) is 99.6 cm³/mol. The highest BCUT2D eigenvalue weighted by molar-refractivity contribution is 6.04. The van der Waals surface area contributed by atoms with Crippen LogP contribution >= 0.6 is 0 Å². The predicted octanol–water partition coefficient (Wildman–Crippen LogP) is 3.74. The number of para-hydroxylation sites is 1. The van der Waals surface area contributed by atoms with Crippen LogP contribution in [-0.4, -0.2) is 25.9 Å². The van der Waals surface area contributed by atoms with E-state index in [1.165, 1.54) is 18.2 Å². The fourth-order valence-corrected chi connectivity index (χ4v) is 3.67. The van der Waals surface area contributed by atoms with Gasteiger partial charge in [-0.25, -0.2) is 5.01 Å². The average Bonchev–Trinajstić information content (AvgIpc) is 3.15. The Morgan fingerprint density at radius 2 is 1.85 bits per heavy atom. The molecule has 0 saturated heterocycles. The molecule has 2 aromatic carbocycles. The van der Waals surface area contributed by atoms with Crippen LogP contribution in [-0.2, 0) is 0 Å².